The monoisotopic (exact) mass is 438 g/mol. The van der Waals surface area contributed by atoms with Crippen LogP contribution in [0.15, 0.2) is 71.8 Å². The van der Waals surface area contributed by atoms with Gasteiger partial charge in [-0.15, -0.1) is 0 Å². The molecule has 0 saturated carbocycles. The average Bonchev–Trinajstić information content (AvgIpc) is 2.78. The van der Waals surface area contributed by atoms with Crippen LogP contribution in [0.25, 0.3) is 0 Å². The first-order valence-corrected chi connectivity index (χ1v) is 9.56. The molecular weight excluding hydrogens is 420 g/mol. The molecule has 0 saturated heterocycles. The van der Waals surface area contributed by atoms with Crippen LogP contribution < -0.4 is 14.9 Å². The third-order valence-corrected chi connectivity index (χ3v) is 4.49. The Morgan fingerprint density at radius 1 is 1.03 bits per heavy atom. The first-order valence-electron chi connectivity index (χ1n) is 9.18. The molecule has 31 heavy (non-hydrogen) atoms. The Morgan fingerprint density at radius 2 is 1.81 bits per heavy atom. The maximum atomic E-state index is 12.1. The van der Waals surface area contributed by atoms with Crippen LogP contribution in [0.2, 0.25) is 5.02 Å². The van der Waals surface area contributed by atoms with Crippen molar-refractivity contribution >= 4 is 29.7 Å². The van der Waals surface area contributed by atoms with E-state index in [9.17, 15) is 9.59 Å². The highest BCUT2D eigenvalue weighted by molar-refractivity contribution is 6.30. The first kappa shape index (κ1) is 21.9. The summed E-state index contributed by atoms with van der Waals surface area (Å²) in [4.78, 5) is 23.1. The predicted molar refractivity (Wildman–Crippen MR) is 117 cm³/mol. The number of amides is 1. The number of aromatic carboxylic acids is 1. The van der Waals surface area contributed by atoms with Gasteiger partial charge in [-0.05, 0) is 65.7 Å². The number of methoxy groups -OCH3 is 1. The van der Waals surface area contributed by atoms with Crippen molar-refractivity contribution in [3.05, 3.63) is 94.0 Å². The van der Waals surface area contributed by atoms with Crippen LogP contribution in [0.4, 0.5) is 0 Å². The van der Waals surface area contributed by atoms with E-state index in [0.29, 0.717) is 27.6 Å². The molecule has 0 aromatic heterocycles. The molecule has 0 radical (unpaired) electrons. The number of carbonyl (C=O) groups excluding carboxylic acids is 1. The minimum atomic E-state index is -0.994. The zero-order chi connectivity index (χ0) is 22.2. The average molecular weight is 439 g/mol. The van der Waals surface area contributed by atoms with E-state index < -0.39 is 5.97 Å². The van der Waals surface area contributed by atoms with Crippen molar-refractivity contribution in [3.8, 4) is 11.5 Å². The molecule has 0 bridgehead atoms. The Kier molecular flexibility index (Phi) is 7.24. The largest absolute Gasteiger partial charge is 0.493 e. The summed E-state index contributed by atoms with van der Waals surface area (Å²) in [5, 5.41) is 13.6. The number of carboxylic acid groups (broad SMARTS) is 1. The molecule has 8 heteroatoms. The van der Waals surface area contributed by atoms with Crippen LogP contribution in [0.3, 0.4) is 0 Å². The molecule has 0 aliphatic rings. The SMILES string of the molecule is COc1cc(/C=N\NC(=O)c2ccc(Cl)cc2)ccc1OCc1cccc(C(=O)O)c1. The summed E-state index contributed by atoms with van der Waals surface area (Å²) in [5.41, 5.74) is 4.49. The minimum absolute atomic E-state index is 0.183. The zero-order valence-corrected chi connectivity index (χ0v) is 17.3. The maximum Gasteiger partial charge on any atom is 0.335 e. The Hall–Kier alpha value is -3.84. The number of halogens is 1. The van der Waals surface area contributed by atoms with Crippen LogP contribution in [0.5, 0.6) is 11.5 Å². The number of nitrogens with one attached hydrogen (secondary N) is 1. The van der Waals surface area contributed by atoms with Crippen LogP contribution in [-0.2, 0) is 6.61 Å². The Balaban J connectivity index is 1.63. The van der Waals surface area contributed by atoms with Gasteiger partial charge in [-0.1, -0.05) is 23.7 Å². The lowest BCUT2D eigenvalue weighted by molar-refractivity contribution is 0.0696. The van der Waals surface area contributed by atoms with E-state index in [0.717, 1.165) is 5.56 Å². The van der Waals surface area contributed by atoms with E-state index in [-0.39, 0.29) is 18.1 Å². The predicted octanol–water partition coefficient (Wildman–Crippen LogP) is 4.39. The van der Waals surface area contributed by atoms with Crippen LogP contribution in [0.1, 0.15) is 31.8 Å². The molecule has 158 valence electrons. The van der Waals surface area contributed by atoms with Crippen LogP contribution in [0, 0.1) is 0 Å². The molecule has 3 aromatic rings. The third kappa shape index (κ3) is 6.07. The summed E-state index contributed by atoms with van der Waals surface area (Å²) < 4.78 is 11.1. The Labute approximate surface area is 183 Å². The maximum absolute atomic E-state index is 12.1. The highest BCUT2D eigenvalue weighted by Gasteiger charge is 2.08. The van der Waals surface area contributed by atoms with Crippen molar-refractivity contribution in [2.24, 2.45) is 5.10 Å². The molecule has 3 aromatic carbocycles. The first-order chi connectivity index (χ1) is 15.0. The zero-order valence-electron chi connectivity index (χ0n) is 16.5. The van der Waals surface area contributed by atoms with Crippen molar-refractivity contribution < 1.29 is 24.2 Å². The molecule has 0 heterocycles. The highest BCUT2D eigenvalue weighted by atomic mass is 35.5. The fourth-order valence-electron chi connectivity index (χ4n) is 2.67. The number of carboxylic acids is 1. The molecule has 0 unspecified atom stereocenters. The molecular formula is C23H19ClN2O5. The Morgan fingerprint density at radius 3 is 2.52 bits per heavy atom. The van der Waals surface area contributed by atoms with Crippen molar-refractivity contribution in [2.75, 3.05) is 7.11 Å². The number of nitrogens with zero attached hydrogens (tertiary/aromatic N) is 1. The summed E-state index contributed by atoms with van der Waals surface area (Å²) in [5.74, 6) is -0.386. The number of rotatable bonds is 8. The lowest BCUT2D eigenvalue weighted by Crippen LogP contribution is -2.17. The number of hydrogen-bond acceptors (Lipinski definition) is 5. The fraction of sp³-hybridized carbons (Fsp3) is 0.0870. The highest BCUT2D eigenvalue weighted by Crippen LogP contribution is 2.28. The molecule has 0 spiro atoms. The van der Waals surface area contributed by atoms with Gasteiger partial charge < -0.3 is 14.6 Å². The van der Waals surface area contributed by atoms with E-state index in [4.69, 9.17) is 26.2 Å². The fourth-order valence-corrected chi connectivity index (χ4v) is 2.80. The second-order valence-electron chi connectivity index (χ2n) is 6.41. The van der Waals surface area contributed by atoms with Crippen LogP contribution in [-0.4, -0.2) is 30.3 Å². The topological polar surface area (TPSA) is 97.2 Å². The third-order valence-electron chi connectivity index (χ3n) is 4.24. The summed E-state index contributed by atoms with van der Waals surface area (Å²) in [7, 11) is 1.51. The molecule has 3 rings (SSSR count). The number of hydrazone groups is 1. The van der Waals surface area contributed by atoms with Gasteiger partial charge in [-0.3, -0.25) is 4.79 Å². The van der Waals surface area contributed by atoms with Gasteiger partial charge in [0, 0.05) is 10.6 Å². The minimum Gasteiger partial charge on any atom is -0.493 e. The number of ether oxygens (including phenoxy) is 2. The van der Waals surface area contributed by atoms with E-state index in [1.165, 1.54) is 19.4 Å². The molecule has 0 aliphatic carbocycles. The van der Waals surface area contributed by atoms with Gasteiger partial charge in [0.2, 0.25) is 0 Å². The van der Waals surface area contributed by atoms with Gasteiger partial charge in [0.25, 0.3) is 5.91 Å². The number of benzene rings is 3. The standard InChI is InChI=1S/C23H19ClN2O5/c1-30-21-12-15(13-25-26-22(27)17-6-8-19(24)9-7-17)5-10-20(21)31-14-16-3-2-4-18(11-16)23(28)29/h2-13H,14H2,1H3,(H,26,27)(H,28,29)/b25-13-. The molecule has 7 nitrogen and oxygen atoms in total. The summed E-state index contributed by atoms with van der Waals surface area (Å²) >= 11 is 5.81. The lowest BCUT2D eigenvalue weighted by Gasteiger charge is -2.11. The molecule has 0 atom stereocenters. The summed E-state index contributed by atoms with van der Waals surface area (Å²) in [6.45, 7) is 0.183. The normalized spacial score (nSPS) is 10.6. The second-order valence-corrected chi connectivity index (χ2v) is 6.85. The second kappa shape index (κ2) is 10.3. The quantitative estimate of drug-likeness (QED) is 0.401. The molecule has 1 amide bonds. The summed E-state index contributed by atoms with van der Waals surface area (Å²) in [6, 6.07) is 18.2. The van der Waals surface area contributed by atoms with Gasteiger partial charge in [0.1, 0.15) is 6.61 Å². The smallest absolute Gasteiger partial charge is 0.335 e. The lowest BCUT2D eigenvalue weighted by atomic mass is 10.1. The molecule has 0 aliphatic heterocycles. The van der Waals surface area contributed by atoms with Gasteiger partial charge in [0.15, 0.2) is 11.5 Å². The van der Waals surface area contributed by atoms with E-state index in [1.807, 2.05) is 0 Å². The van der Waals surface area contributed by atoms with Crippen molar-refractivity contribution in [1.29, 1.82) is 0 Å². The number of hydrogen-bond donors (Lipinski definition) is 2. The van der Waals surface area contributed by atoms with Crippen molar-refractivity contribution in [3.63, 3.8) is 0 Å². The number of carbonyl (C=O) groups is 2. The summed E-state index contributed by atoms with van der Waals surface area (Å²) in [6.07, 6.45) is 1.48. The molecule has 0 fully saturated rings. The van der Waals surface area contributed by atoms with E-state index >= 15 is 0 Å². The van der Waals surface area contributed by atoms with Gasteiger partial charge in [-0.25, -0.2) is 10.2 Å². The van der Waals surface area contributed by atoms with Gasteiger partial charge in [0.05, 0.1) is 18.9 Å². The van der Waals surface area contributed by atoms with Gasteiger partial charge >= 0.3 is 5.97 Å². The van der Waals surface area contributed by atoms with Crippen molar-refractivity contribution in [1.82, 2.24) is 5.43 Å². The van der Waals surface area contributed by atoms with E-state index in [2.05, 4.69) is 10.5 Å². The molecule has 2 N–H and O–H groups in total. The van der Waals surface area contributed by atoms with Crippen LogP contribution >= 0.6 is 11.6 Å². The van der Waals surface area contributed by atoms with E-state index in [1.54, 1.807) is 60.7 Å². The Bertz CT molecular complexity index is 1110. The van der Waals surface area contributed by atoms with Crippen molar-refractivity contribution in [2.45, 2.75) is 6.61 Å². The van der Waals surface area contributed by atoms with Gasteiger partial charge in [-0.2, -0.15) is 5.10 Å².